The fourth-order valence-corrected chi connectivity index (χ4v) is 4.91. The molecule has 0 saturated carbocycles. The van der Waals surface area contributed by atoms with Crippen molar-refractivity contribution in [3.05, 3.63) is 82.9 Å². The lowest BCUT2D eigenvalue weighted by atomic mass is 10.1. The van der Waals surface area contributed by atoms with E-state index in [0.29, 0.717) is 0 Å². The first-order valence-electron chi connectivity index (χ1n) is 10.2. The van der Waals surface area contributed by atoms with Crippen LogP contribution in [-0.2, 0) is 46.7 Å². The van der Waals surface area contributed by atoms with Crippen molar-refractivity contribution < 1.29 is 61.1 Å². The summed E-state index contributed by atoms with van der Waals surface area (Å²) in [6.07, 6.45) is -20.7. The van der Waals surface area contributed by atoms with E-state index in [9.17, 15) is 61.1 Å². The number of halogens is 12. The van der Waals surface area contributed by atoms with Crippen LogP contribution in [-0.4, -0.2) is 8.42 Å². The van der Waals surface area contributed by atoms with Crippen LogP contribution in [0, 0.1) is 0 Å². The Kier molecular flexibility index (Phi) is 8.55. The molecule has 18 heteroatoms. The Morgan fingerprint density at radius 2 is 0.725 bits per heavy atom. The average Bonchev–Trinajstić information content (AvgIpc) is 2.81. The molecule has 0 fully saturated rings. The van der Waals surface area contributed by atoms with Crippen LogP contribution in [0.3, 0.4) is 0 Å². The van der Waals surface area contributed by atoms with E-state index >= 15 is 0 Å². The van der Waals surface area contributed by atoms with Gasteiger partial charge in [0.2, 0.25) is 0 Å². The van der Waals surface area contributed by atoms with Gasteiger partial charge in [0.1, 0.15) is 22.0 Å². The molecule has 218 valence electrons. The predicted octanol–water partition coefficient (Wildman–Crippen LogP) is 8.03. The fourth-order valence-electron chi connectivity index (χ4n) is 3.06. The van der Waals surface area contributed by atoms with Gasteiger partial charge in [-0.1, -0.05) is 6.07 Å². The molecule has 0 aliphatic rings. The second-order valence-corrected chi connectivity index (χ2v) is 10.2. The Hall–Kier alpha value is -3.28. The zero-order valence-corrected chi connectivity index (χ0v) is 20.6. The summed E-state index contributed by atoms with van der Waals surface area (Å²) in [4.78, 5) is -0.697. The highest BCUT2D eigenvalue weighted by Gasteiger charge is 2.38. The summed E-state index contributed by atoms with van der Waals surface area (Å²) >= 11 is 0. The van der Waals surface area contributed by atoms with Crippen molar-refractivity contribution in [3.63, 3.8) is 0 Å². The van der Waals surface area contributed by atoms with Gasteiger partial charge >= 0.3 is 24.7 Å². The van der Waals surface area contributed by atoms with E-state index in [1.807, 2.05) is 9.44 Å². The van der Waals surface area contributed by atoms with Crippen LogP contribution in [0.15, 0.2) is 70.5 Å². The molecule has 0 bridgehead atoms. The third kappa shape index (κ3) is 7.89. The van der Waals surface area contributed by atoms with E-state index in [1.165, 1.54) is 0 Å². The van der Waals surface area contributed by atoms with E-state index < -0.39 is 80.3 Å². The molecule has 0 radical (unpaired) electrons. The molecule has 0 heterocycles. The smallest absolute Gasteiger partial charge is 0.301 e. The molecule has 3 aromatic rings. The van der Waals surface area contributed by atoms with Crippen molar-refractivity contribution in [2.24, 2.45) is 0 Å². The van der Waals surface area contributed by atoms with Gasteiger partial charge in [0.15, 0.2) is 0 Å². The topological polar surface area (TPSA) is 58.2 Å². The van der Waals surface area contributed by atoms with Crippen LogP contribution in [0.4, 0.5) is 64.1 Å². The van der Waals surface area contributed by atoms with E-state index in [-0.39, 0.29) is 46.2 Å². The Bertz CT molecular complexity index is 1280. The lowest BCUT2D eigenvalue weighted by molar-refractivity contribution is -0.144. The maximum Gasteiger partial charge on any atom is 0.416 e. The van der Waals surface area contributed by atoms with Crippen LogP contribution < -0.4 is 9.44 Å². The Balaban J connectivity index is 1.89. The van der Waals surface area contributed by atoms with Crippen LogP contribution in [0.25, 0.3) is 0 Å². The average molecular weight is 628 g/mol. The maximum atomic E-state index is 13.1. The van der Waals surface area contributed by atoms with Gasteiger partial charge in [0.25, 0.3) is 0 Å². The third-order valence-electron chi connectivity index (χ3n) is 4.83. The zero-order valence-electron chi connectivity index (χ0n) is 18.9. The van der Waals surface area contributed by atoms with Gasteiger partial charge < -0.3 is 9.44 Å². The molecule has 2 atom stereocenters. The second kappa shape index (κ2) is 10.9. The molecule has 0 saturated heterocycles. The molecule has 3 aromatic carbocycles. The summed E-state index contributed by atoms with van der Waals surface area (Å²) < 4.78 is 186. The fraction of sp³-hybridized carbons (Fsp3) is 0.182. The number of anilines is 2. The van der Waals surface area contributed by atoms with Crippen molar-refractivity contribution in [2.45, 2.75) is 34.5 Å². The highest BCUT2D eigenvalue weighted by Crippen LogP contribution is 2.39. The Morgan fingerprint density at radius 1 is 0.450 bits per heavy atom. The summed E-state index contributed by atoms with van der Waals surface area (Å²) in [6.45, 7) is 0. The maximum absolute atomic E-state index is 13.1. The summed E-state index contributed by atoms with van der Waals surface area (Å²) in [6, 6.07) is 4.84. The van der Waals surface area contributed by atoms with Crippen molar-refractivity contribution >= 4 is 33.3 Å². The second-order valence-electron chi connectivity index (χ2n) is 7.81. The lowest BCUT2D eigenvalue weighted by Gasteiger charge is -2.16. The van der Waals surface area contributed by atoms with Crippen molar-refractivity contribution in [2.75, 3.05) is 9.44 Å². The first-order chi connectivity index (χ1) is 18.1. The highest BCUT2D eigenvalue weighted by atomic mass is 32.2. The van der Waals surface area contributed by atoms with E-state index in [2.05, 4.69) is 0 Å². The van der Waals surface area contributed by atoms with Gasteiger partial charge in [-0.25, -0.2) is 8.42 Å². The van der Waals surface area contributed by atoms with E-state index in [1.54, 1.807) is 0 Å². The van der Waals surface area contributed by atoms with Crippen LogP contribution >= 0.6 is 0 Å². The third-order valence-corrected chi connectivity index (χ3v) is 7.04. The van der Waals surface area contributed by atoms with Crippen molar-refractivity contribution in [3.8, 4) is 0 Å². The minimum atomic E-state index is -5.18. The Labute approximate surface area is 221 Å². The largest absolute Gasteiger partial charge is 0.416 e. The molecule has 4 nitrogen and oxygen atoms in total. The number of nitrogens with one attached hydrogen (secondary N) is 2. The van der Waals surface area contributed by atoms with Crippen molar-refractivity contribution in [1.82, 2.24) is 0 Å². The molecule has 0 aliphatic carbocycles. The summed E-state index contributed by atoms with van der Waals surface area (Å²) in [5.41, 5.74) is -8.46. The lowest BCUT2D eigenvalue weighted by Crippen LogP contribution is -2.14. The standard InChI is InChI=1S/C22H12F12N2O2S2/c23-19(24,25)11-4-12(20(26,27)28)7-15(6-11)35-39(37)17-2-1-3-18(10-17)40(38)36-16-8-13(21(29,30)31)5-14(9-16)22(32,33)34/h1-10,35-36H. The number of hydrogen-bond acceptors (Lipinski definition) is 2. The van der Waals surface area contributed by atoms with E-state index in [4.69, 9.17) is 0 Å². The van der Waals surface area contributed by atoms with E-state index in [0.717, 1.165) is 24.3 Å². The Morgan fingerprint density at radius 3 is 0.975 bits per heavy atom. The first kappa shape index (κ1) is 31.3. The summed E-state index contributed by atoms with van der Waals surface area (Å²) in [5.74, 6) is 0. The molecule has 3 rings (SSSR count). The van der Waals surface area contributed by atoms with Gasteiger partial charge in [-0.15, -0.1) is 0 Å². The summed E-state index contributed by atoms with van der Waals surface area (Å²) in [5, 5.41) is 0. The van der Waals surface area contributed by atoms with Gasteiger partial charge in [-0.05, 0) is 54.6 Å². The molecule has 0 aliphatic heterocycles. The molecule has 40 heavy (non-hydrogen) atoms. The number of alkyl halides is 12. The van der Waals surface area contributed by atoms with Crippen LogP contribution in [0.5, 0.6) is 0 Å². The van der Waals surface area contributed by atoms with Crippen LogP contribution in [0.2, 0.25) is 0 Å². The minimum Gasteiger partial charge on any atom is -0.301 e. The number of hydrogen-bond donors (Lipinski definition) is 2. The van der Waals surface area contributed by atoms with Crippen LogP contribution in [0.1, 0.15) is 22.3 Å². The first-order valence-corrected chi connectivity index (χ1v) is 12.5. The number of rotatable bonds is 6. The molecular weight excluding hydrogens is 616 g/mol. The van der Waals surface area contributed by atoms with Crippen molar-refractivity contribution in [1.29, 1.82) is 0 Å². The molecule has 2 N–H and O–H groups in total. The SMILES string of the molecule is O=S(Nc1cc(C(F)(F)F)cc(C(F)(F)F)c1)c1cccc(S(=O)Nc2cc(C(F)(F)F)cc(C(F)(F)F)c2)c1. The molecule has 2 unspecified atom stereocenters. The molecule has 0 amide bonds. The highest BCUT2D eigenvalue weighted by molar-refractivity contribution is 7.87. The monoisotopic (exact) mass is 628 g/mol. The molecule has 0 aromatic heterocycles. The molecule has 0 spiro atoms. The normalized spacial score (nSPS) is 14.5. The van der Waals surface area contributed by atoms with Gasteiger partial charge in [0, 0.05) is 11.4 Å². The van der Waals surface area contributed by atoms with Gasteiger partial charge in [-0.2, -0.15) is 52.7 Å². The zero-order chi connectivity index (χ0) is 30.3. The quantitative estimate of drug-likeness (QED) is 0.272. The predicted molar refractivity (Wildman–Crippen MR) is 119 cm³/mol. The molecular formula is C22H12F12N2O2S2. The van der Waals surface area contributed by atoms with Gasteiger partial charge in [0.05, 0.1) is 32.0 Å². The minimum absolute atomic E-state index is 0.151. The number of benzene rings is 3. The van der Waals surface area contributed by atoms with Gasteiger partial charge in [-0.3, -0.25) is 0 Å². The summed E-state index contributed by atoms with van der Waals surface area (Å²) in [7, 11) is -5.11.